The zero-order valence-corrected chi connectivity index (χ0v) is 15.2. The fourth-order valence-corrected chi connectivity index (χ4v) is 6.34. The molecule has 1 heterocycles. The number of H-pyrrole nitrogens is 1. The Morgan fingerprint density at radius 2 is 1.79 bits per heavy atom. The van der Waals surface area contributed by atoms with Gasteiger partial charge in [0.1, 0.15) is 0 Å². The van der Waals surface area contributed by atoms with E-state index < -0.39 is 0 Å². The Morgan fingerprint density at radius 1 is 1.17 bits per heavy atom. The number of hydrogen-bond acceptors (Lipinski definition) is 2. The van der Waals surface area contributed by atoms with E-state index in [1.807, 2.05) is 6.92 Å². The van der Waals surface area contributed by atoms with Crippen LogP contribution in [0.3, 0.4) is 0 Å². The largest absolute Gasteiger partial charge is 0.356 e. The molecule has 4 aliphatic carbocycles. The lowest BCUT2D eigenvalue weighted by molar-refractivity contribution is -0.129. The van der Waals surface area contributed by atoms with Gasteiger partial charge in [0, 0.05) is 18.7 Å². The van der Waals surface area contributed by atoms with E-state index >= 15 is 0 Å². The van der Waals surface area contributed by atoms with Crippen molar-refractivity contribution in [2.24, 2.45) is 23.2 Å². The first kappa shape index (κ1) is 16.2. The molecule has 24 heavy (non-hydrogen) atoms. The van der Waals surface area contributed by atoms with Crippen molar-refractivity contribution < 1.29 is 4.79 Å². The molecule has 0 unspecified atom stereocenters. The van der Waals surface area contributed by atoms with Crippen LogP contribution in [-0.4, -0.2) is 22.6 Å². The smallest absolute Gasteiger partial charge is 0.220 e. The van der Waals surface area contributed by atoms with E-state index in [0.717, 1.165) is 54.9 Å². The molecule has 4 saturated carbocycles. The number of hydrogen-bond donors (Lipinski definition) is 2. The number of aryl methyl sites for hydroxylation is 2. The SMILES string of the molecule is Cc1n[nH]c(C)c1CCCNC(=O)CC12CC3CC(CC(C3)C1)C2. The summed E-state index contributed by atoms with van der Waals surface area (Å²) in [6, 6.07) is 0. The molecule has 4 heteroatoms. The lowest BCUT2D eigenvalue weighted by atomic mass is 9.49. The van der Waals surface area contributed by atoms with Crippen molar-refractivity contribution in [3.8, 4) is 0 Å². The molecule has 0 spiro atoms. The Morgan fingerprint density at radius 3 is 2.33 bits per heavy atom. The van der Waals surface area contributed by atoms with Crippen molar-refractivity contribution in [1.82, 2.24) is 15.5 Å². The minimum Gasteiger partial charge on any atom is -0.356 e. The fraction of sp³-hybridized carbons (Fsp3) is 0.800. The topological polar surface area (TPSA) is 57.8 Å². The lowest BCUT2D eigenvalue weighted by Gasteiger charge is -2.56. The van der Waals surface area contributed by atoms with Crippen molar-refractivity contribution >= 4 is 5.91 Å². The van der Waals surface area contributed by atoms with E-state index in [4.69, 9.17) is 0 Å². The minimum absolute atomic E-state index is 0.289. The zero-order chi connectivity index (χ0) is 16.7. The Labute approximate surface area is 145 Å². The standard InChI is InChI=1S/C20H31N3O/c1-13-18(14(2)23-22-13)4-3-5-21-19(24)12-20-9-15-6-16(10-20)8-17(7-15)11-20/h15-17H,3-12H2,1-2H3,(H,21,24)(H,22,23). The number of aromatic nitrogens is 2. The van der Waals surface area contributed by atoms with E-state index in [-0.39, 0.29) is 5.91 Å². The highest BCUT2D eigenvalue weighted by molar-refractivity contribution is 5.76. The third-order valence-electron chi connectivity index (χ3n) is 6.91. The molecule has 1 amide bonds. The Hall–Kier alpha value is -1.32. The Bertz CT molecular complexity index is 564. The normalized spacial score (nSPS) is 33.8. The van der Waals surface area contributed by atoms with Gasteiger partial charge in [-0.25, -0.2) is 0 Å². The number of nitrogens with zero attached hydrogens (tertiary/aromatic N) is 1. The molecule has 4 aliphatic rings. The third-order valence-corrected chi connectivity index (χ3v) is 6.91. The average Bonchev–Trinajstić information content (AvgIpc) is 2.81. The van der Waals surface area contributed by atoms with Crippen molar-refractivity contribution in [1.29, 1.82) is 0 Å². The highest BCUT2D eigenvalue weighted by Gasteiger charge is 2.51. The van der Waals surface area contributed by atoms with Gasteiger partial charge < -0.3 is 5.32 Å². The molecule has 132 valence electrons. The molecule has 0 atom stereocenters. The highest BCUT2D eigenvalue weighted by Crippen LogP contribution is 2.61. The molecule has 1 aromatic heterocycles. The van der Waals surface area contributed by atoms with Gasteiger partial charge in [0.05, 0.1) is 5.69 Å². The van der Waals surface area contributed by atoms with Crippen molar-refractivity contribution in [3.63, 3.8) is 0 Å². The summed E-state index contributed by atoms with van der Waals surface area (Å²) in [5, 5.41) is 10.5. The number of aromatic amines is 1. The summed E-state index contributed by atoms with van der Waals surface area (Å²) in [4.78, 5) is 12.5. The summed E-state index contributed by atoms with van der Waals surface area (Å²) in [5.41, 5.74) is 3.92. The number of amides is 1. The van der Waals surface area contributed by atoms with Crippen LogP contribution in [-0.2, 0) is 11.2 Å². The van der Waals surface area contributed by atoms with E-state index in [1.165, 1.54) is 44.1 Å². The lowest BCUT2D eigenvalue weighted by Crippen LogP contribution is -2.48. The van der Waals surface area contributed by atoms with Gasteiger partial charge in [-0.15, -0.1) is 0 Å². The monoisotopic (exact) mass is 329 g/mol. The second-order valence-corrected chi connectivity index (χ2v) is 8.96. The quantitative estimate of drug-likeness (QED) is 0.782. The summed E-state index contributed by atoms with van der Waals surface area (Å²) in [6.45, 7) is 4.90. The Balaban J connectivity index is 1.24. The summed E-state index contributed by atoms with van der Waals surface area (Å²) >= 11 is 0. The predicted octanol–water partition coefficient (Wildman–Crippen LogP) is 3.68. The maximum atomic E-state index is 12.5. The summed E-state index contributed by atoms with van der Waals surface area (Å²) in [5.74, 6) is 3.07. The molecule has 4 bridgehead atoms. The van der Waals surface area contributed by atoms with Crippen LogP contribution >= 0.6 is 0 Å². The second-order valence-electron chi connectivity index (χ2n) is 8.96. The van der Waals surface area contributed by atoms with Gasteiger partial charge in [0.2, 0.25) is 5.91 Å². The molecule has 4 fully saturated rings. The van der Waals surface area contributed by atoms with Crippen LogP contribution < -0.4 is 5.32 Å². The van der Waals surface area contributed by atoms with Gasteiger partial charge >= 0.3 is 0 Å². The molecule has 1 aromatic rings. The summed E-state index contributed by atoms with van der Waals surface area (Å²) in [7, 11) is 0. The molecular formula is C20H31N3O. The molecule has 0 aromatic carbocycles. The highest BCUT2D eigenvalue weighted by atomic mass is 16.1. The van der Waals surface area contributed by atoms with Crippen LogP contribution in [0.2, 0.25) is 0 Å². The van der Waals surface area contributed by atoms with Crippen molar-refractivity contribution in [2.75, 3.05) is 6.54 Å². The van der Waals surface area contributed by atoms with Crippen LogP contribution in [0.15, 0.2) is 0 Å². The van der Waals surface area contributed by atoms with Gasteiger partial charge in [0.15, 0.2) is 0 Å². The molecule has 5 rings (SSSR count). The van der Waals surface area contributed by atoms with Crippen LogP contribution in [0, 0.1) is 37.0 Å². The second kappa shape index (κ2) is 6.20. The van der Waals surface area contributed by atoms with Crippen molar-refractivity contribution in [3.05, 3.63) is 17.0 Å². The van der Waals surface area contributed by atoms with Crippen LogP contribution in [0.1, 0.15) is 68.3 Å². The average molecular weight is 329 g/mol. The first-order chi connectivity index (χ1) is 11.5. The van der Waals surface area contributed by atoms with E-state index in [1.54, 1.807) is 0 Å². The number of nitrogens with one attached hydrogen (secondary N) is 2. The maximum absolute atomic E-state index is 12.5. The molecular weight excluding hydrogens is 298 g/mol. The molecule has 0 aliphatic heterocycles. The molecule has 0 radical (unpaired) electrons. The van der Waals surface area contributed by atoms with Crippen LogP contribution in [0.25, 0.3) is 0 Å². The number of rotatable bonds is 6. The first-order valence-electron chi connectivity index (χ1n) is 9.80. The van der Waals surface area contributed by atoms with Gasteiger partial charge in [0.25, 0.3) is 0 Å². The fourth-order valence-electron chi connectivity index (χ4n) is 6.34. The zero-order valence-electron chi connectivity index (χ0n) is 15.2. The third kappa shape index (κ3) is 3.12. The minimum atomic E-state index is 0.289. The van der Waals surface area contributed by atoms with E-state index in [9.17, 15) is 4.79 Å². The number of carbonyl (C=O) groups excluding carboxylic acids is 1. The van der Waals surface area contributed by atoms with Crippen LogP contribution in [0.4, 0.5) is 0 Å². The van der Waals surface area contributed by atoms with E-state index in [0.29, 0.717) is 5.41 Å². The van der Waals surface area contributed by atoms with Gasteiger partial charge in [-0.1, -0.05) is 0 Å². The van der Waals surface area contributed by atoms with Gasteiger partial charge in [-0.3, -0.25) is 9.89 Å². The van der Waals surface area contributed by atoms with Crippen LogP contribution in [0.5, 0.6) is 0 Å². The van der Waals surface area contributed by atoms with Crippen molar-refractivity contribution in [2.45, 2.75) is 71.6 Å². The summed E-state index contributed by atoms with van der Waals surface area (Å²) < 4.78 is 0. The summed E-state index contributed by atoms with van der Waals surface area (Å²) in [6.07, 6.45) is 11.1. The maximum Gasteiger partial charge on any atom is 0.220 e. The molecule has 4 nitrogen and oxygen atoms in total. The van der Waals surface area contributed by atoms with Gasteiger partial charge in [-0.2, -0.15) is 5.10 Å². The van der Waals surface area contributed by atoms with Gasteiger partial charge in [-0.05, 0) is 93.9 Å². The predicted molar refractivity (Wildman–Crippen MR) is 94.6 cm³/mol. The van der Waals surface area contributed by atoms with E-state index in [2.05, 4.69) is 22.4 Å². The Kier molecular flexibility index (Phi) is 4.17. The molecule has 0 saturated heterocycles. The first-order valence-corrected chi connectivity index (χ1v) is 9.80. The molecule has 2 N–H and O–H groups in total. The number of carbonyl (C=O) groups is 1.